The lowest BCUT2D eigenvalue weighted by Gasteiger charge is -2.24. The van der Waals surface area contributed by atoms with Crippen molar-refractivity contribution in [1.82, 2.24) is 10.2 Å². The zero-order valence-electron chi connectivity index (χ0n) is 20.3. The van der Waals surface area contributed by atoms with Crippen LogP contribution in [0.2, 0.25) is 0 Å². The molecule has 36 heavy (non-hydrogen) atoms. The van der Waals surface area contributed by atoms with Crippen molar-refractivity contribution in [2.24, 2.45) is 5.73 Å². The van der Waals surface area contributed by atoms with Gasteiger partial charge in [0.1, 0.15) is 19.2 Å². The highest BCUT2D eigenvalue weighted by Crippen LogP contribution is 2.27. The van der Waals surface area contributed by atoms with E-state index in [0.29, 0.717) is 17.8 Å². The minimum atomic E-state index is -1.46. The van der Waals surface area contributed by atoms with Crippen LogP contribution in [0.5, 0.6) is 0 Å². The van der Waals surface area contributed by atoms with Gasteiger partial charge in [-0.2, -0.15) is 0 Å². The van der Waals surface area contributed by atoms with E-state index < -0.39 is 30.6 Å². The van der Waals surface area contributed by atoms with E-state index in [9.17, 15) is 24.3 Å². The number of nitrogens with two attached hydrogens (primary N) is 1. The highest BCUT2D eigenvalue weighted by atomic mass is 16.5. The van der Waals surface area contributed by atoms with E-state index in [4.69, 9.17) is 10.5 Å². The Labute approximate surface area is 210 Å². The second-order valence-corrected chi connectivity index (χ2v) is 8.69. The van der Waals surface area contributed by atoms with E-state index >= 15 is 0 Å². The number of carboxylic acid groups (broad SMARTS) is 1. The summed E-state index contributed by atoms with van der Waals surface area (Å²) >= 11 is 0. The highest BCUT2D eigenvalue weighted by Gasteiger charge is 2.33. The van der Waals surface area contributed by atoms with Crippen LogP contribution in [0.15, 0.2) is 48.5 Å². The summed E-state index contributed by atoms with van der Waals surface area (Å²) in [7, 11) is 1.58. The quantitative estimate of drug-likeness (QED) is 0.405. The third-order valence-corrected chi connectivity index (χ3v) is 6.02. The Morgan fingerprint density at radius 2 is 1.83 bits per heavy atom. The first-order valence-corrected chi connectivity index (χ1v) is 11.9. The van der Waals surface area contributed by atoms with Crippen molar-refractivity contribution < 1.29 is 29.0 Å². The van der Waals surface area contributed by atoms with Gasteiger partial charge in [0.15, 0.2) is 0 Å². The van der Waals surface area contributed by atoms with Gasteiger partial charge in [-0.3, -0.25) is 9.59 Å². The maximum Gasteiger partial charge on any atom is 0.408 e. The molecule has 1 aliphatic heterocycles. The van der Waals surface area contributed by atoms with Gasteiger partial charge in [0.2, 0.25) is 5.91 Å². The molecule has 4 N–H and O–H groups in total. The molecule has 0 aliphatic carbocycles. The molecule has 192 valence electrons. The van der Waals surface area contributed by atoms with Crippen LogP contribution < -0.4 is 16.0 Å². The smallest absolute Gasteiger partial charge is 0.408 e. The summed E-state index contributed by atoms with van der Waals surface area (Å²) in [6.07, 6.45) is 2.63. The number of amides is 3. The van der Waals surface area contributed by atoms with Crippen LogP contribution >= 0.6 is 0 Å². The average Bonchev–Trinajstić information content (AvgIpc) is 2.96. The van der Waals surface area contributed by atoms with Crippen LogP contribution in [-0.4, -0.2) is 66.6 Å². The van der Waals surface area contributed by atoms with Crippen molar-refractivity contribution in [3.8, 4) is 0 Å². The predicted octanol–water partition coefficient (Wildman–Crippen LogP) is 2.16. The molecule has 0 spiro atoms. The number of nitrogens with zero attached hydrogens (tertiary/aromatic N) is 2. The van der Waals surface area contributed by atoms with Crippen LogP contribution in [0, 0.1) is 0 Å². The van der Waals surface area contributed by atoms with Crippen LogP contribution in [0.1, 0.15) is 40.7 Å². The molecule has 0 bridgehead atoms. The monoisotopic (exact) mass is 496 g/mol. The topological polar surface area (TPSA) is 142 Å². The summed E-state index contributed by atoms with van der Waals surface area (Å²) in [6.45, 7) is -0.121. The summed E-state index contributed by atoms with van der Waals surface area (Å²) in [5.41, 5.74) is 8.01. The number of hydrogen-bond acceptors (Lipinski definition) is 6. The first-order valence-electron chi connectivity index (χ1n) is 11.9. The Morgan fingerprint density at radius 1 is 1.08 bits per heavy atom. The number of carboxylic acids is 1. The van der Waals surface area contributed by atoms with Gasteiger partial charge in [-0.1, -0.05) is 42.8 Å². The molecule has 2 aromatic rings. The lowest BCUT2D eigenvalue weighted by atomic mass is 10.0. The summed E-state index contributed by atoms with van der Waals surface area (Å²) in [5, 5.41) is 12.0. The first-order chi connectivity index (χ1) is 17.3. The number of carbonyl (C=O) groups is 4. The zero-order chi connectivity index (χ0) is 26.1. The van der Waals surface area contributed by atoms with Gasteiger partial charge in [0, 0.05) is 7.05 Å². The third kappa shape index (κ3) is 7.05. The molecule has 3 rings (SSSR count). The lowest BCUT2D eigenvalue weighted by Crippen LogP contribution is -2.51. The molecule has 1 aliphatic rings. The number of benzene rings is 2. The van der Waals surface area contributed by atoms with Gasteiger partial charge in [-0.15, -0.1) is 0 Å². The molecular weight excluding hydrogens is 464 g/mol. The predicted molar refractivity (Wildman–Crippen MR) is 134 cm³/mol. The van der Waals surface area contributed by atoms with Crippen LogP contribution in [0.25, 0.3) is 0 Å². The molecule has 0 saturated heterocycles. The first kappa shape index (κ1) is 26.7. The largest absolute Gasteiger partial charge is 0.480 e. The number of carbonyl (C=O) groups excluding carboxylic acids is 3. The van der Waals surface area contributed by atoms with E-state index in [1.54, 1.807) is 43.4 Å². The van der Waals surface area contributed by atoms with Crippen LogP contribution in [0.4, 0.5) is 10.5 Å². The van der Waals surface area contributed by atoms with Crippen LogP contribution in [-0.2, 0) is 27.4 Å². The van der Waals surface area contributed by atoms with E-state index in [1.807, 2.05) is 12.1 Å². The van der Waals surface area contributed by atoms with Gasteiger partial charge < -0.3 is 30.7 Å². The molecule has 2 aromatic carbocycles. The summed E-state index contributed by atoms with van der Waals surface area (Å²) < 4.78 is 5.11. The fourth-order valence-corrected chi connectivity index (χ4v) is 3.96. The summed E-state index contributed by atoms with van der Waals surface area (Å²) in [6, 6.07) is 12.9. The molecule has 0 saturated carbocycles. The van der Waals surface area contributed by atoms with Crippen molar-refractivity contribution in [2.45, 2.75) is 38.3 Å². The molecule has 0 fully saturated rings. The molecular formula is C26H32N4O6. The fraction of sp³-hybridized carbons (Fsp3) is 0.385. The van der Waals surface area contributed by atoms with Crippen molar-refractivity contribution >= 4 is 29.6 Å². The number of aryl methyl sites for hydroxylation is 1. The van der Waals surface area contributed by atoms with Crippen molar-refractivity contribution in [3.05, 3.63) is 65.2 Å². The Kier molecular flexibility index (Phi) is 9.40. The molecule has 0 aromatic heterocycles. The number of nitrogens with one attached hydrogen (secondary N) is 1. The van der Waals surface area contributed by atoms with Gasteiger partial charge in [-0.05, 0) is 49.1 Å². The molecule has 10 heteroatoms. The molecule has 10 nitrogen and oxygen atoms in total. The van der Waals surface area contributed by atoms with Gasteiger partial charge in [0.05, 0.1) is 17.8 Å². The Hall–Kier alpha value is -3.92. The number of ether oxygens (including phenoxy) is 1. The second kappa shape index (κ2) is 12.7. The van der Waals surface area contributed by atoms with Crippen molar-refractivity contribution in [1.29, 1.82) is 0 Å². The average molecular weight is 497 g/mol. The summed E-state index contributed by atoms with van der Waals surface area (Å²) in [4.78, 5) is 52.8. The number of likely N-dealkylation sites (N-methyl/N-ethyl adjacent to an activating group) is 1. The Morgan fingerprint density at radius 3 is 2.53 bits per heavy atom. The lowest BCUT2D eigenvalue weighted by molar-refractivity contribution is -0.140. The van der Waals surface area contributed by atoms with E-state index in [1.165, 1.54) is 4.90 Å². The number of hydrogen-bond donors (Lipinski definition) is 3. The number of alkyl carbamates (subject to hydrolysis) is 1. The van der Waals surface area contributed by atoms with Gasteiger partial charge in [0.25, 0.3) is 5.91 Å². The molecule has 1 atom stereocenters. The number of unbranched alkanes of at least 4 members (excludes halogenated alkanes) is 2. The minimum absolute atomic E-state index is 0.0353. The zero-order valence-corrected chi connectivity index (χ0v) is 20.3. The Bertz CT molecular complexity index is 1090. The maximum atomic E-state index is 13.4. The molecule has 1 heterocycles. The third-order valence-electron chi connectivity index (χ3n) is 6.02. The number of anilines is 1. The second-order valence-electron chi connectivity index (χ2n) is 8.69. The number of aliphatic carboxylic acids is 1. The molecule has 1 unspecified atom stereocenters. The van der Waals surface area contributed by atoms with E-state index in [2.05, 4.69) is 5.32 Å². The Balaban J connectivity index is 1.72. The van der Waals surface area contributed by atoms with E-state index in [-0.39, 0.29) is 19.1 Å². The molecule has 0 radical (unpaired) electrons. The standard InChI is InChI=1S/C26H32N4O6/c1-29-22-12-11-18(8-6-3-7-13-27)14-20(22)24(32)30(16-23(29)31)15-21(25(33)34)28-26(35)36-17-19-9-4-2-5-10-19/h2,4-5,9-12,14,21H,3,6-8,13,15-17,27H2,1H3,(H,28,35)(H,33,34). The number of rotatable bonds is 11. The SMILES string of the molecule is CN1C(=O)CN(CC(NC(=O)OCc2ccccc2)C(=O)O)C(=O)c2cc(CCCCCN)ccc21. The molecule has 3 amide bonds. The maximum absolute atomic E-state index is 13.4. The van der Waals surface area contributed by atoms with E-state index in [0.717, 1.165) is 41.7 Å². The van der Waals surface area contributed by atoms with Crippen LogP contribution in [0.3, 0.4) is 0 Å². The highest BCUT2D eigenvalue weighted by molar-refractivity contribution is 6.09. The number of fused-ring (bicyclic) bond motifs is 1. The summed E-state index contributed by atoms with van der Waals surface area (Å²) in [5.74, 6) is -2.19. The fourth-order valence-electron chi connectivity index (χ4n) is 3.96. The normalized spacial score (nSPS) is 14.2. The van der Waals surface area contributed by atoms with Gasteiger partial charge >= 0.3 is 12.1 Å². The minimum Gasteiger partial charge on any atom is -0.480 e. The van der Waals surface area contributed by atoms with Crippen molar-refractivity contribution in [3.63, 3.8) is 0 Å². The van der Waals surface area contributed by atoms with Gasteiger partial charge in [-0.25, -0.2) is 9.59 Å². The van der Waals surface area contributed by atoms with Crippen molar-refractivity contribution in [2.75, 3.05) is 31.6 Å².